The summed E-state index contributed by atoms with van der Waals surface area (Å²) in [7, 11) is 0. The lowest BCUT2D eigenvalue weighted by atomic mass is 10.2. The maximum atomic E-state index is 12.8. The van der Waals surface area contributed by atoms with Gasteiger partial charge in [-0.25, -0.2) is 4.39 Å². The highest BCUT2D eigenvalue weighted by atomic mass is 19.1. The molecule has 0 saturated carbocycles. The number of hydrogen-bond donors (Lipinski definition) is 1. The standard InChI is InChI=1S/C9H5FO3/c10-6-3-5-7(11)1-2-13-9(5)4-8(6)12/h1-4,12H. The van der Waals surface area contributed by atoms with Gasteiger partial charge >= 0.3 is 0 Å². The van der Waals surface area contributed by atoms with Crippen LogP contribution in [0.2, 0.25) is 0 Å². The molecule has 2 aromatic rings. The van der Waals surface area contributed by atoms with Gasteiger partial charge in [-0.2, -0.15) is 0 Å². The van der Waals surface area contributed by atoms with Gasteiger partial charge in [-0.15, -0.1) is 0 Å². The Hall–Kier alpha value is -1.84. The Labute approximate surface area is 72.0 Å². The molecule has 0 fully saturated rings. The first-order chi connectivity index (χ1) is 6.18. The fraction of sp³-hybridized carbons (Fsp3) is 0. The van der Waals surface area contributed by atoms with Crippen LogP contribution in [-0.2, 0) is 0 Å². The Morgan fingerprint density at radius 3 is 2.92 bits per heavy atom. The lowest BCUT2D eigenvalue weighted by Crippen LogP contribution is -1.98. The summed E-state index contributed by atoms with van der Waals surface area (Å²) in [5, 5.41) is 9.09. The molecule has 2 rings (SSSR count). The largest absolute Gasteiger partial charge is 0.505 e. The third-order valence-electron chi connectivity index (χ3n) is 1.73. The molecule has 0 saturated heterocycles. The molecule has 0 amide bonds. The van der Waals surface area contributed by atoms with Crippen molar-refractivity contribution in [3.63, 3.8) is 0 Å². The number of rotatable bonds is 0. The summed E-state index contributed by atoms with van der Waals surface area (Å²) >= 11 is 0. The molecule has 1 aromatic heterocycles. The maximum absolute atomic E-state index is 12.8. The highest BCUT2D eigenvalue weighted by molar-refractivity contribution is 5.77. The summed E-state index contributed by atoms with van der Waals surface area (Å²) in [5.74, 6) is -1.35. The number of phenols is 1. The zero-order valence-electron chi connectivity index (χ0n) is 6.45. The molecule has 0 unspecified atom stereocenters. The molecule has 1 N–H and O–H groups in total. The number of hydrogen-bond acceptors (Lipinski definition) is 3. The average molecular weight is 180 g/mol. The first-order valence-corrected chi connectivity index (χ1v) is 3.58. The maximum Gasteiger partial charge on any atom is 0.192 e. The molecule has 0 radical (unpaired) electrons. The quantitative estimate of drug-likeness (QED) is 0.670. The Morgan fingerprint density at radius 1 is 1.38 bits per heavy atom. The van der Waals surface area contributed by atoms with E-state index in [-0.39, 0.29) is 16.4 Å². The van der Waals surface area contributed by atoms with E-state index in [1.54, 1.807) is 0 Å². The molecule has 0 aliphatic carbocycles. The molecule has 0 bridgehead atoms. The predicted octanol–water partition coefficient (Wildman–Crippen LogP) is 1.64. The molecule has 4 heteroatoms. The number of aromatic hydroxyl groups is 1. The van der Waals surface area contributed by atoms with Crippen LogP contribution >= 0.6 is 0 Å². The van der Waals surface area contributed by atoms with E-state index in [1.807, 2.05) is 0 Å². The van der Waals surface area contributed by atoms with Crippen LogP contribution in [-0.4, -0.2) is 5.11 Å². The van der Waals surface area contributed by atoms with E-state index in [2.05, 4.69) is 0 Å². The van der Waals surface area contributed by atoms with Crippen LogP contribution in [0.5, 0.6) is 5.75 Å². The predicted molar refractivity (Wildman–Crippen MR) is 44.1 cm³/mol. The fourth-order valence-electron chi connectivity index (χ4n) is 1.09. The van der Waals surface area contributed by atoms with Crippen molar-refractivity contribution in [1.82, 2.24) is 0 Å². The van der Waals surface area contributed by atoms with Crippen molar-refractivity contribution < 1.29 is 13.9 Å². The zero-order valence-corrected chi connectivity index (χ0v) is 6.45. The molecule has 0 aliphatic rings. The summed E-state index contributed by atoms with van der Waals surface area (Å²) in [6, 6.07) is 3.22. The molecule has 13 heavy (non-hydrogen) atoms. The smallest absolute Gasteiger partial charge is 0.192 e. The van der Waals surface area contributed by atoms with Crippen molar-refractivity contribution in [3.8, 4) is 5.75 Å². The van der Waals surface area contributed by atoms with Crippen LogP contribution in [0.25, 0.3) is 11.0 Å². The zero-order chi connectivity index (χ0) is 9.42. The first-order valence-electron chi connectivity index (χ1n) is 3.58. The van der Waals surface area contributed by atoms with Crippen LogP contribution in [0, 0.1) is 5.82 Å². The first kappa shape index (κ1) is 7.79. The molecule has 0 atom stereocenters. The fourth-order valence-corrected chi connectivity index (χ4v) is 1.09. The molecule has 0 spiro atoms. The van der Waals surface area contributed by atoms with Crippen molar-refractivity contribution in [2.75, 3.05) is 0 Å². The van der Waals surface area contributed by atoms with Crippen LogP contribution in [0.15, 0.2) is 33.7 Å². The minimum Gasteiger partial charge on any atom is -0.505 e. The summed E-state index contributed by atoms with van der Waals surface area (Å²) in [4.78, 5) is 11.1. The second-order valence-corrected chi connectivity index (χ2v) is 2.58. The summed E-state index contributed by atoms with van der Waals surface area (Å²) in [6.45, 7) is 0. The van der Waals surface area contributed by atoms with Gasteiger partial charge < -0.3 is 9.52 Å². The molecule has 3 nitrogen and oxygen atoms in total. The average Bonchev–Trinajstić information content (AvgIpc) is 2.09. The Balaban J connectivity index is 2.97. The van der Waals surface area contributed by atoms with E-state index in [1.165, 1.54) is 12.3 Å². The Bertz CT molecular complexity index is 516. The van der Waals surface area contributed by atoms with Crippen molar-refractivity contribution in [3.05, 3.63) is 40.5 Å². The topological polar surface area (TPSA) is 50.4 Å². The van der Waals surface area contributed by atoms with Crippen molar-refractivity contribution in [2.45, 2.75) is 0 Å². The van der Waals surface area contributed by atoms with Gasteiger partial charge in [0.05, 0.1) is 11.6 Å². The summed E-state index contributed by atoms with van der Waals surface area (Å²) < 4.78 is 17.7. The van der Waals surface area contributed by atoms with Crippen molar-refractivity contribution in [1.29, 1.82) is 0 Å². The highest BCUT2D eigenvalue weighted by Gasteiger charge is 2.06. The van der Waals surface area contributed by atoms with E-state index in [0.29, 0.717) is 0 Å². The Morgan fingerprint density at radius 2 is 2.15 bits per heavy atom. The van der Waals surface area contributed by atoms with Crippen LogP contribution in [0.1, 0.15) is 0 Å². The molecule has 1 aromatic carbocycles. The Kier molecular flexibility index (Phi) is 1.55. The van der Waals surface area contributed by atoms with Crippen molar-refractivity contribution >= 4 is 11.0 Å². The summed E-state index contributed by atoms with van der Waals surface area (Å²) in [6.07, 6.45) is 1.20. The lowest BCUT2D eigenvalue weighted by molar-refractivity contribution is 0.432. The number of phenolic OH excluding ortho intramolecular Hbond substituents is 1. The third-order valence-corrected chi connectivity index (χ3v) is 1.73. The van der Waals surface area contributed by atoms with Gasteiger partial charge in [-0.1, -0.05) is 0 Å². The lowest BCUT2D eigenvalue weighted by Gasteiger charge is -1.97. The molecular formula is C9H5FO3. The van der Waals surface area contributed by atoms with E-state index < -0.39 is 11.6 Å². The molecular weight excluding hydrogens is 175 g/mol. The van der Waals surface area contributed by atoms with Crippen LogP contribution in [0.3, 0.4) is 0 Å². The minimum atomic E-state index is -0.828. The normalized spacial score (nSPS) is 10.5. The van der Waals surface area contributed by atoms with Gasteiger partial charge in [0, 0.05) is 12.1 Å². The van der Waals surface area contributed by atoms with Gasteiger partial charge in [0.1, 0.15) is 5.58 Å². The van der Waals surface area contributed by atoms with E-state index in [9.17, 15) is 9.18 Å². The van der Waals surface area contributed by atoms with E-state index in [4.69, 9.17) is 9.52 Å². The van der Waals surface area contributed by atoms with E-state index >= 15 is 0 Å². The number of halogens is 1. The highest BCUT2D eigenvalue weighted by Crippen LogP contribution is 2.20. The van der Waals surface area contributed by atoms with Crippen LogP contribution < -0.4 is 5.43 Å². The van der Waals surface area contributed by atoms with Crippen LogP contribution in [0.4, 0.5) is 4.39 Å². The molecule has 0 aliphatic heterocycles. The van der Waals surface area contributed by atoms with Gasteiger partial charge in [-0.3, -0.25) is 4.79 Å². The van der Waals surface area contributed by atoms with Gasteiger partial charge in [0.25, 0.3) is 0 Å². The molecule has 1 heterocycles. The van der Waals surface area contributed by atoms with E-state index in [0.717, 1.165) is 12.1 Å². The van der Waals surface area contributed by atoms with Gasteiger partial charge in [-0.05, 0) is 6.07 Å². The SMILES string of the molecule is O=c1ccoc2cc(O)c(F)cc12. The van der Waals surface area contributed by atoms with Gasteiger partial charge in [0.2, 0.25) is 0 Å². The second-order valence-electron chi connectivity index (χ2n) is 2.58. The second kappa shape index (κ2) is 2.58. The van der Waals surface area contributed by atoms with Crippen molar-refractivity contribution in [2.24, 2.45) is 0 Å². The number of benzene rings is 1. The van der Waals surface area contributed by atoms with Gasteiger partial charge in [0.15, 0.2) is 17.0 Å². The molecule has 66 valence electrons. The third kappa shape index (κ3) is 1.16. The monoisotopic (exact) mass is 180 g/mol. The number of fused-ring (bicyclic) bond motifs is 1. The summed E-state index contributed by atoms with van der Waals surface area (Å²) in [5.41, 5.74) is -0.161. The minimum absolute atomic E-state index is 0.123.